The average Bonchev–Trinajstić information content (AvgIpc) is 2.38. The maximum absolute atomic E-state index is 13.6. The van der Waals surface area contributed by atoms with E-state index in [2.05, 4.69) is 26.1 Å². The van der Waals surface area contributed by atoms with E-state index in [1.807, 2.05) is 6.07 Å². The van der Waals surface area contributed by atoms with E-state index >= 15 is 0 Å². The molecule has 19 heavy (non-hydrogen) atoms. The van der Waals surface area contributed by atoms with Gasteiger partial charge < -0.3 is 5.32 Å². The molecule has 0 bridgehead atoms. The minimum Gasteiger partial charge on any atom is -0.310 e. The maximum Gasteiger partial charge on any atom is 0.142 e. The predicted octanol–water partition coefficient (Wildman–Crippen LogP) is 5.35. The van der Waals surface area contributed by atoms with Crippen molar-refractivity contribution in [3.8, 4) is 0 Å². The first kappa shape index (κ1) is 16.5. The summed E-state index contributed by atoms with van der Waals surface area (Å²) in [6.45, 7) is 7.55. The van der Waals surface area contributed by atoms with E-state index in [1.165, 1.54) is 12.8 Å². The molecule has 1 aromatic rings. The van der Waals surface area contributed by atoms with E-state index in [0.717, 1.165) is 24.9 Å². The van der Waals surface area contributed by atoms with Gasteiger partial charge in [-0.05, 0) is 43.0 Å². The van der Waals surface area contributed by atoms with Gasteiger partial charge in [0, 0.05) is 6.04 Å². The van der Waals surface area contributed by atoms with Crippen molar-refractivity contribution < 1.29 is 4.39 Å². The molecule has 1 nitrogen and oxygen atoms in total. The quantitative estimate of drug-likeness (QED) is 0.679. The van der Waals surface area contributed by atoms with Gasteiger partial charge in [0.15, 0.2) is 0 Å². The smallest absolute Gasteiger partial charge is 0.142 e. The first-order chi connectivity index (χ1) is 9.08. The number of benzene rings is 1. The van der Waals surface area contributed by atoms with Crippen molar-refractivity contribution >= 4 is 11.6 Å². The molecule has 1 aromatic carbocycles. The van der Waals surface area contributed by atoms with Gasteiger partial charge in [-0.3, -0.25) is 0 Å². The van der Waals surface area contributed by atoms with Crippen LogP contribution in [0.15, 0.2) is 18.2 Å². The molecule has 0 aliphatic heterocycles. The first-order valence-corrected chi connectivity index (χ1v) is 7.64. The third-order valence-electron chi connectivity index (χ3n) is 3.41. The van der Waals surface area contributed by atoms with Crippen molar-refractivity contribution in [2.24, 2.45) is 5.92 Å². The van der Waals surface area contributed by atoms with E-state index in [-0.39, 0.29) is 16.9 Å². The van der Waals surface area contributed by atoms with Crippen molar-refractivity contribution in [2.45, 2.75) is 52.5 Å². The second-order valence-electron chi connectivity index (χ2n) is 5.31. The summed E-state index contributed by atoms with van der Waals surface area (Å²) in [5.74, 6) is 0.309. The summed E-state index contributed by atoms with van der Waals surface area (Å²) < 4.78 is 13.6. The third kappa shape index (κ3) is 5.50. The van der Waals surface area contributed by atoms with Crippen molar-refractivity contribution in [2.75, 3.05) is 6.54 Å². The number of hydrogen-bond donors (Lipinski definition) is 1. The minimum atomic E-state index is -0.328. The van der Waals surface area contributed by atoms with Crippen LogP contribution in [-0.4, -0.2) is 6.54 Å². The van der Waals surface area contributed by atoms with E-state index in [4.69, 9.17) is 11.6 Å². The molecule has 0 heterocycles. The number of nitrogens with one attached hydrogen (secondary N) is 1. The van der Waals surface area contributed by atoms with Gasteiger partial charge in [-0.2, -0.15) is 0 Å². The van der Waals surface area contributed by atoms with Gasteiger partial charge in [-0.15, -0.1) is 0 Å². The van der Waals surface area contributed by atoms with Crippen LogP contribution in [-0.2, 0) is 0 Å². The average molecular weight is 286 g/mol. The Labute approximate surface area is 121 Å². The van der Waals surface area contributed by atoms with Gasteiger partial charge >= 0.3 is 0 Å². The van der Waals surface area contributed by atoms with Crippen LogP contribution in [0.5, 0.6) is 0 Å². The van der Waals surface area contributed by atoms with E-state index in [9.17, 15) is 4.39 Å². The van der Waals surface area contributed by atoms with Crippen molar-refractivity contribution in [1.29, 1.82) is 0 Å². The highest BCUT2D eigenvalue weighted by Crippen LogP contribution is 2.26. The van der Waals surface area contributed by atoms with Crippen LogP contribution in [0.25, 0.3) is 0 Å². The van der Waals surface area contributed by atoms with Crippen LogP contribution < -0.4 is 5.32 Å². The molecular formula is C16H25ClFN. The third-order valence-corrected chi connectivity index (χ3v) is 3.71. The molecule has 108 valence electrons. The zero-order valence-corrected chi connectivity index (χ0v) is 12.9. The lowest BCUT2D eigenvalue weighted by atomic mass is 9.93. The molecule has 1 N–H and O–H groups in total. The van der Waals surface area contributed by atoms with Crippen molar-refractivity contribution in [3.05, 3.63) is 34.6 Å². The predicted molar refractivity (Wildman–Crippen MR) is 81.1 cm³/mol. The van der Waals surface area contributed by atoms with Gasteiger partial charge in [-0.1, -0.05) is 51.3 Å². The zero-order valence-electron chi connectivity index (χ0n) is 12.2. The number of hydrogen-bond acceptors (Lipinski definition) is 1. The highest BCUT2D eigenvalue weighted by Gasteiger charge is 2.15. The lowest BCUT2D eigenvalue weighted by molar-refractivity contribution is 0.389. The highest BCUT2D eigenvalue weighted by atomic mass is 35.5. The second-order valence-corrected chi connectivity index (χ2v) is 5.72. The molecule has 0 saturated carbocycles. The molecule has 0 aliphatic carbocycles. The van der Waals surface area contributed by atoms with Crippen LogP contribution in [0.1, 0.15) is 58.1 Å². The Hall–Kier alpha value is -0.600. The lowest BCUT2D eigenvalue weighted by Gasteiger charge is -2.23. The molecule has 0 fully saturated rings. The summed E-state index contributed by atoms with van der Waals surface area (Å²) in [7, 11) is 0. The topological polar surface area (TPSA) is 12.0 Å². The standard InChI is InChI=1S/C16H25ClFN/c1-4-6-12(3)10-16(19-9-5-2)13-7-8-14(17)15(18)11-13/h7-8,11-12,16,19H,4-6,9-10H2,1-3H3. The molecule has 3 heteroatoms. The molecular weight excluding hydrogens is 261 g/mol. The summed E-state index contributed by atoms with van der Waals surface area (Å²) in [4.78, 5) is 0. The summed E-state index contributed by atoms with van der Waals surface area (Å²) in [5.41, 5.74) is 0.998. The Morgan fingerprint density at radius 3 is 2.58 bits per heavy atom. The van der Waals surface area contributed by atoms with Crippen molar-refractivity contribution in [3.63, 3.8) is 0 Å². The highest BCUT2D eigenvalue weighted by molar-refractivity contribution is 6.30. The van der Waals surface area contributed by atoms with Crippen LogP contribution in [0.3, 0.4) is 0 Å². The zero-order chi connectivity index (χ0) is 14.3. The van der Waals surface area contributed by atoms with E-state index in [1.54, 1.807) is 12.1 Å². The molecule has 0 saturated heterocycles. The van der Waals surface area contributed by atoms with Crippen molar-refractivity contribution in [1.82, 2.24) is 5.32 Å². The molecule has 2 atom stereocenters. The monoisotopic (exact) mass is 285 g/mol. The van der Waals surface area contributed by atoms with E-state index < -0.39 is 0 Å². The molecule has 2 unspecified atom stereocenters. The Balaban J connectivity index is 2.79. The number of rotatable bonds is 8. The summed E-state index contributed by atoms with van der Waals surface area (Å²) in [5, 5.41) is 3.71. The summed E-state index contributed by atoms with van der Waals surface area (Å²) in [6.07, 6.45) is 4.51. The minimum absolute atomic E-state index is 0.194. The fourth-order valence-corrected chi connectivity index (χ4v) is 2.52. The fraction of sp³-hybridized carbons (Fsp3) is 0.625. The normalized spacial score (nSPS) is 14.4. The molecule has 0 aromatic heterocycles. The largest absolute Gasteiger partial charge is 0.310 e. The fourth-order valence-electron chi connectivity index (χ4n) is 2.40. The Morgan fingerprint density at radius 1 is 1.26 bits per heavy atom. The summed E-state index contributed by atoms with van der Waals surface area (Å²) >= 11 is 5.75. The molecule has 1 rings (SSSR count). The van der Waals surface area contributed by atoms with Crippen LogP contribution >= 0.6 is 11.6 Å². The molecule has 0 spiro atoms. The van der Waals surface area contributed by atoms with Gasteiger partial charge in [0.25, 0.3) is 0 Å². The van der Waals surface area contributed by atoms with Gasteiger partial charge in [0.1, 0.15) is 5.82 Å². The van der Waals surface area contributed by atoms with Crippen LogP contribution in [0.2, 0.25) is 5.02 Å². The molecule has 0 amide bonds. The SMILES string of the molecule is CCCNC(CC(C)CCC)c1ccc(Cl)c(F)c1. The van der Waals surface area contributed by atoms with Gasteiger partial charge in [0.05, 0.1) is 5.02 Å². The molecule has 0 aliphatic rings. The number of halogens is 2. The Morgan fingerprint density at radius 2 is 2.00 bits per heavy atom. The Bertz CT molecular complexity index is 381. The first-order valence-electron chi connectivity index (χ1n) is 7.26. The Kier molecular flexibility index (Phi) is 7.40. The van der Waals surface area contributed by atoms with E-state index in [0.29, 0.717) is 5.92 Å². The maximum atomic E-state index is 13.6. The van der Waals surface area contributed by atoms with Gasteiger partial charge in [-0.25, -0.2) is 4.39 Å². The van der Waals surface area contributed by atoms with Gasteiger partial charge in [0.2, 0.25) is 0 Å². The molecule has 0 radical (unpaired) electrons. The van der Waals surface area contributed by atoms with Crippen LogP contribution in [0.4, 0.5) is 4.39 Å². The lowest BCUT2D eigenvalue weighted by Crippen LogP contribution is -2.24. The summed E-state index contributed by atoms with van der Waals surface area (Å²) in [6, 6.07) is 5.36. The van der Waals surface area contributed by atoms with Crippen LogP contribution in [0, 0.1) is 11.7 Å². The second kappa shape index (κ2) is 8.55.